The smallest absolute Gasteiger partial charge is 0.119 e. The summed E-state index contributed by atoms with van der Waals surface area (Å²) in [5, 5.41) is 0. The van der Waals surface area contributed by atoms with Crippen LogP contribution in [0.25, 0.3) is 0 Å². The number of benzene rings is 4. The van der Waals surface area contributed by atoms with E-state index in [1.165, 1.54) is 27.8 Å². The molecule has 0 amide bonds. The number of aryl methyl sites for hydroxylation is 1. The van der Waals surface area contributed by atoms with Crippen molar-refractivity contribution >= 4 is 0 Å². The second-order valence-electron chi connectivity index (χ2n) is 13.1. The quantitative estimate of drug-likeness (QED) is 0.134. The fraction of sp³-hybridized carbons (Fsp3) is 0.400. The van der Waals surface area contributed by atoms with Gasteiger partial charge in [-0.3, -0.25) is 0 Å². The van der Waals surface area contributed by atoms with E-state index in [2.05, 4.69) is 88.4 Å². The SMILES string of the molecule is CC(Cc1ccc(OCC2CO2)cc1)c1ccc(OCC2CO2)cc1.Cc1ccc(C(C)(C)c2ccc(OCC3CO3)cc2)cc1. The molecule has 3 heterocycles. The van der Waals surface area contributed by atoms with Crippen LogP contribution in [0.1, 0.15) is 54.5 Å². The summed E-state index contributed by atoms with van der Waals surface area (Å²) in [6, 6.07) is 34.0. The molecule has 4 aromatic rings. The molecule has 4 unspecified atom stereocenters. The molecule has 0 spiro atoms. The molecular formula is C40H46O6. The van der Waals surface area contributed by atoms with E-state index in [1.807, 2.05) is 36.4 Å². The van der Waals surface area contributed by atoms with Crippen molar-refractivity contribution in [2.75, 3.05) is 39.6 Å². The molecule has 0 radical (unpaired) electrons. The normalized spacial score (nSPS) is 20.1. The lowest BCUT2D eigenvalue weighted by atomic mass is 9.78. The zero-order valence-corrected chi connectivity index (χ0v) is 27.4. The van der Waals surface area contributed by atoms with Gasteiger partial charge >= 0.3 is 0 Å². The summed E-state index contributed by atoms with van der Waals surface area (Å²) in [4.78, 5) is 0. The van der Waals surface area contributed by atoms with E-state index in [1.54, 1.807) is 0 Å². The Balaban J connectivity index is 0.000000164. The first-order valence-corrected chi connectivity index (χ1v) is 16.4. The highest BCUT2D eigenvalue weighted by atomic mass is 16.6. The average Bonchev–Trinajstić information content (AvgIpc) is 3.92. The zero-order valence-electron chi connectivity index (χ0n) is 27.4. The van der Waals surface area contributed by atoms with Crippen LogP contribution in [-0.2, 0) is 26.0 Å². The van der Waals surface area contributed by atoms with Crippen LogP contribution in [0.4, 0.5) is 0 Å². The molecule has 0 aliphatic carbocycles. The predicted molar refractivity (Wildman–Crippen MR) is 180 cm³/mol. The largest absolute Gasteiger partial charge is 0.491 e. The van der Waals surface area contributed by atoms with Gasteiger partial charge in [0.15, 0.2) is 0 Å². The third-order valence-corrected chi connectivity index (χ3v) is 8.78. The molecule has 0 aromatic heterocycles. The van der Waals surface area contributed by atoms with Gasteiger partial charge in [0, 0.05) is 5.41 Å². The molecule has 7 rings (SSSR count). The van der Waals surface area contributed by atoms with Gasteiger partial charge in [0.25, 0.3) is 0 Å². The van der Waals surface area contributed by atoms with Gasteiger partial charge in [0.05, 0.1) is 19.8 Å². The maximum Gasteiger partial charge on any atom is 0.119 e. The molecule has 242 valence electrons. The Hall–Kier alpha value is -3.84. The van der Waals surface area contributed by atoms with E-state index in [-0.39, 0.29) is 5.41 Å². The molecule has 0 bridgehead atoms. The lowest BCUT2D eigenvalue weighted by molar-refractivity contribution is 0.263. The molecule has 6 nitrogen and oxygen atoms in total. The van der Waals surface area contributed by atoms with Crippen molar-refractivity contribution in [3.63, 3.8) is 0 Å². The van der Waals surface area contributed by atoms with Crippen molar-refractivity contribution in [2.45, 2.75) is 63.8 Å². The van der Waals surface area contributed by atoms with Crippen LogP contribution in [0, 0.1) is 6.92 Å². The Labute approximate surface area is 273 Å². The maximum absolute atomic E-state index is 5.69. The number of ether oxygens (including phenoxy) is 6. The Kier molecular flexibility index (Phi) is 10.3. The molecule has 0 N–H and O–H groups in total. The lowest BCUT2D eigenvalue weighted by Crippen LogP contribution is -2.18. The summed E-state index contributed by atoms with van der Waals surface area (Å²) in [6.07, 6.45) is 1.89. The second-order valence-corrected chi connectivity index (χ2v) is 13.1. The van der Waals surface area contributed by atoms with Crippen molar-refractivity contribution in [3.05, 3.63) is 125 Å². The summed E-state index contributed by atoms with van der Waals surface area (Å²) < 4.78 is 32.5. The van der Waals surface area contributed by atoms with E-state index in [0.717, 1.165) is 43.5 Å². The number of hydrogen-bond acceptors (Lipinski definition) is 6. The van der Waals surface area contributed by atoms with Crippen molar-refractivity contribution in [1.29, 1.82) is 0 Å². The van der Waals surface area contributed by atoms with Gasteiger partial charge in [-0.05, 0) is 77.9 Å². The first-order valence-electron chi connectivity index (χ1n) is 16.4. The van der Waals surface area contributed by atoms with Crippen LogP contribution in [0.15, 0.2) is 97.1 Å². The summed E-state index contributed by atoms with van der Waals surface area (Å²) in [5.74, 6) is 3.18. The number of rotatable bonds is 14. The van der Waals surface area contributed by atoms with Gasteiger partial charge < -0.3 is 28.4 Å². The molecule has 0 saturated carbocycles. The minimum atomic E-state index is -0.00810. The van der Waals surface area contributed by atoms with Crippen LogP contribution >= 0.6 is 0 Å². The van der Waals surface area contributed by atoms with E-state index in [9.17, 15) is 0 Å². The highest BCUT2D eigenvalue weighted by molar-refractivity contribution is 5.41. The highest BCUT2D eigenvalue weighted by Crippen LogP contribution is 2.33. The number of hydrogen-bond donors (Lipinski definition) is 0. The minimum Gasteiger partial charge on any atom is -0.491 e. The molecule has 6 heteroatoms. The average molecular weight is 623 g/mol. The molecule has 4 aromatic carbocycles. The second kappa shape index (κ2) is 14.7. The van der Waals surface area contributed by atoms with Crippen LogP contribution in [-0.4, -0.2) is 58.0 Å². The van der Waals surface area contributed by atoms with Crippen LogP contribution in [0.2, 0.25) is 0 Å². The van der Waals surface area contributed by atoms with E-state index >= 15 is 0 Å². The van der Waals surface area contributed by atoms with Gasteiger partial charge in [-0.25, -0.2) is 0 Å². The van der Waals surface area contributed by atoms with Crippen molar-refractivity contribution < 1.29 is 28.4 Å². The number of epoxide rings is 3. The molecule has 3 aliphatic heterocycles. The summed E-state index contributed by atoms with van der Waals surface area (Å²) >= 11 is 0. The van der Waals surface area contributed by atoms with Gasteiger partial charge in [0.2, 0.25) is 0 Å². The molecule has 4 atom stereocenters. The minimum absolute atomic E-state index is 0.00810. The van der Waals surface area contributed by atoms with Gasteiger partial charge in [-0.2, -0.15) is 0 Å². The monoisotopic (exact) mass is 622 g/mol. The molecule has 3 saturated heterocycles. The zero-order chi connectivity index (χ0) is 31.9. The third kappa shape index (κ3) is 9.58. The van der Waals surface area contributed by atoms with Gasteiger partial charge in [0.1, 0.15) is 55.4 Å². The van der Waals surface area contributed by atoms with Crippen LogP contribution in [0.5, 0.6) is 17.2 Å². The standard InChI is InChI=1S/C21H24O4.C19H22O2/c1-15(17-4-8-19(9-5-17)23-12-21-14-25-21)10-16-2-6-18(7-3-16)22-11-20-13-24-20;1-14-4-6-15(7-5-14)19(2,3)16-8-10-17(11-9-16)20-12-18-13-21-18/h2-9,15,20-21H,10-14H2,1H3;4-11,18H,12-13H2,1-3H3. The van der Waals surface area contributed by atoms with Crippen LogP contribution in [0.3, 0.4) is 0 Å². The Morgan fingerprint density at radius 3 is 1.37 bits per heavy atom. The van der Waals surface area contributed by atoms with Gasteiger partial charge in [-0.15, -0.1) is 0 Å². The predicted octanol–water partition coefficient (Wildman–Crippen LogP) is 7.69. The first-order chi connectivity index (χ1) is 22.3. The third-order valence-electron chi connectivity index (χ3n) is 8.78. The Morgan fingerprint density at radius 2 is 0.957 bits per heavy atom. The summed E-state index contributed by atoms with van der Waals surface area (Å²) in [5.41, 5.74) is 6.54. The lowest BCUT2D eigenvalue weighted by Gasteiger charge is -2.26. The topological polar surface area (TPSA) is 65.3 Å². The van der Waals surface area contributed by atoms with Crippen molar-refractivity contribution in [2.24, 2.45) is 0 Å². The van der Waals surface area contributed by atoms with Crippen molar-refractivity contribution in [3.8, 4) is 17.2 Å². The Morgan fingerprint density at radius 1 is 0.587 bits per heavy atom. The maximum atomic E-state index is 5.69. The van der Waals surface area contributed by atoms with E-state index in [0.29, 0.717) is 44.1 Å². The molecule has 3 aliphatic rings. The fourth-order valence-electron chi connectivity index (χ4n) is 5.25. The van der Waals surface area contributed by atoms with Crippen molar-refractivity contribution in [1.82, 2.24) is 0 Å². The molecule has 46 heavy (non-hydrogen) atoms. The van der Waals surface area contributed by atoms with E-state index in [4.69, 9.17) is 28.4 Å². The highest BCUT2D eigenvalue weighted by Gasteiger charge is 2.25. The fourth-order valence-corrected chi connectivity index (χ4v) is 5.25. The molecular weight excluding hydrogens is 576 g/mol. The Bertz CT molecular complexity index is 1500. The first kappa shape index (κ1) is 32.1. The van der Waals surface area contributed by atoms with Gasteiger partial charge in [-0.1, -0.05) is 87.0 Å². The van der Waals surface area contributed by atoms with Crippen LogP contribution < -0.4 is 14.2 Å². The van der Waals surface area contributed by atoms with E-state index < -0.39 is 0 Å². The summed E-state index contributed by atoms with van der Waals surface area (Å²) in [6.45, 7) is 13.3. The molecule has 3 fully saturated rings. The summed E-state index contributed by atoms with van der Waals surface area (Å²) in [7, 11) is 0.